The average molecular weight is 313 g/mol. The van der Waals surface area contributed by atoms with Crippen molar-refractivity contribution < 1.29 is 14.3 Å². The lowest BCUT2D eigenvalue weighted by molar-refractivity contribution is -0.129. The molecule has 6 heteroatoms. The average Bonchev–Trinajstić information content (AvgIpc) is 2.45. The van der Waals surface area contributed by atoms with Crippen molar-refractivity contribution in [2.75, 3.05) is 32.8 Å². The van der Waals surface area contributed by atoms with Crippen LogP contribution in [0.4, 0.5) is 0 Å². The molecule has 0 aromatic rings. The maximum absolute atomic E-state index is 12.4. The largest absolute Gasteiger partial charge is 0.379 e. The highest BCUT2D eigenvalue weighted by atomic mass is 16.5. The molecule has 1 aliphatic rings. The fourth-order valence-corrected chi connectivity index (χ4v) is 2.76. The summed E-state index contributed by atoms with van der Waals surface area (Å²) in [6.07, 6.45) is 0. The van der Waals surface area contributed by atoms with Crippen LogP contribution < -0.4 is 10.6 Å². The fraction of sp³-hybridized carbons (Fsp3) is 0.875. The van der Waals surface area contributed by atoms with Gasteiger partial charge in [0.15, 0.2) is 0 Å². The number of amides is 2. The first kappa shape index (κ1) is 18.9. The van der Waals surface area contributed by atoms with E-state index in [2.05, 4.69) is 29.4 Å². The van der Waals surface area contributed by atoms with Gasteiger partial charge in [-0.1, -0.05) is 27.7 Å². The van der Waals surface area contributed by atoms with E-state index in [4.69, 9.17) is 4.74 Å². The van der Waals surface area contributed by atoms with Gasteiger partial charge in [-0.05, 0) is 11.8 Å². The summed E-state index contributed by atoms with van der Waals surface area (Å²) in [4.78, 5) is 26.0. The SMILES string of the molecule is CC(=O)N[C@@H](C(=O)NC[C@H](C(C)C)N1CCOCC1)C(C)C. The minimum atomic E-state index is -0.477. The third kappa shape index (κ3) is 5.93. The van der Waals surface area contributed by atoms with Crippen molar-refractivity contribution in [3.63, 3.8) is 0 Å². The zero-order valence-electron chi connectivity index (χ0n) is 14.5. The van der Waals surface area contributed by atoms with Crippen molar-refractivity contribution in [2.24, 2.45) is 11.8 Å². The monoisotopic (exact) mass is 313 g/mol. The summed E-state index contributed by atoms with van der Waals surface area (Å²) in [6, 6.07) is -0.187. The molecule has 0 aromatic heterocycles. The van der Waals surface area contributed by atoms with E-state index in [-0.39, 0.29) is 23.8 Å². The van der Waals surface area contributed by atoms with Crippen molar-refractivity contribution in [3.05, 3.63) is 0 Å². The van der Waals surface area contributed by atoms with Crippen molar-refractivity contribution in [3.8, 4) is 0 Å². The highest BCUT2D eigenvalue weighted by Crippen LogP contribution is 2.12. The van der Waals surface area contributed by atoms with E-state index < -0.39 is 6.04 Å². The number of nitrogens with zero attached hydrogens (tertiary/aromatic N) is 1. The van der Waals surface area contributed by atoms with Crippen molar-refractivity contribution in [1.29, 1.82) is 0 Å². The topological polar surface area (TPSA) is 70.7 Å². The Kier molecular flexibility index (Phi) is 7.82. The summed E-state index contributed by atoms with van der Waals surface area (Å²) >= 11 is 0. The van der Waals surface area contributed by atoms with E-state index in [0.29, 0.717) is 12.5 Å². The molecule has 0 aliphatic carbocycles. The number of carbonyl (C=O) groups excluding carboxylic acids is 2. The second-order valence-corrected chi connectivity index (χ2v) is 6.63. The molecule has 2 amide bonds. The normalized spacial score (nSPS) is 19.0. The van der Waals surface area contributed by atoms with Crippen LogP contribution in [0.2, 0.25) is 0 Å². The molecule has 0 aromatic carbocycles. The van der Waals surface area contributed by atoms with Gasteiger partial charge in [0, 0.05) is 32.6 Å². The van der Waals surface area contributed by atoms with E-state index >= 15 is 0 Å². The number of rotatable bonds is 7. The first-order chi connectivity index (χ1) is 10.3. The van der Waals surface area contributed by atoms with Gasteiger partial charge >= 0.3 is 0 Å². The quantitative estimate of drug-likeness (QED) is 0.723. The zero-order chi connectivity index (χ0) is 16.7. The van der Waals surface area contributed by atoms with E-state index in [1.165, 1.54) is 6.92 Å². The van der Waals surface area contributed by atoms with Crippen LogP contribution in [0.5, 0.6) is 0 Å². The predicted molar refractivity (Wildman–Crippen MR) is 86.5 cm³/mol. The number of morpholine rings is 1. The van der Waals surface area contributed by atoms with Crippen LogP contribution in [0.15, 0.2) is 0 Å². The summed E-state index contributed by atoms with van der Waals surface area (Å²) in [6.45, 7) is 13.5. The summed E-state index contributed by atoms with van der Waals surface area (Å²) < 4.78 is 5.39. The predicted octanol–water partition coefficient (Wildman–Crippen LogP) is 0.620. The minimum Gasteiger partial charge on any atom is -0.379 e. The maximum Gasteiger partial charge on any atom is 0.242 e. The lowest BCUT2D eigenvalue weighted by Gasteiger charge is -2.37. The molecule has 22 heavy (non-hydrogen) atoms. The minimum absolute atomic E-state index is 0.0600. The van der Waals surface area contributed by atoms with Crippen LogP contribution in [-0.2, 0) is 14.3 Å². The number of ether oxygens (including phenoxy) is 1. The van der Waals surface area contributed by atoms with Gasteiger partial charge in [0.25, 0.3) is 0 Å². The second kappa shape index (κ2) is 9.10. The first-order valence-corrected chi connectivity index (χ1v) is 8.19. The Morgan fingerprint density at radius 2 is 1.68 bits per heavy atom. The molecule has 1 saturated heterocycles. The van der Waals surface area contributed by atoms with Gasteiger partial charge in [-0.25, -0.2) is 0 Å². The Morgan fingerprint density at radius 3 is 2.14 bits per heavy atom. The van der Waals surface area contributed by atoms with Crippen LogP contribution in [0.25, 0.3) is 0 Å². The molecule has 1 rings (SSSR count). The Balaban J connectivity index is 2.58. The molecule has 1 fully saturated rings. The second-order valence-electron chi connectivity index (χ2n) is 6.63. The van der Waals surface area contributed by atoms with Crippen LogP contribution in [0, 0.1) is 11.8 Å². The zero-order valence-corrected chi connectivity index (χ0v) is 14.5. The smallest absolute Gasteiger partial charge is 0.242 e. The van der Waals surface area contributed by atoms with Crippen molar-refractivity contribution in [1.82, 2.24) is 15.5 Å². The third-order valence-electron chi connectivity index (χ3n) is 4.08. The van der Waals surface area contributed by atoms with E-state index in [0.717, 1.165) is 26.3 Å². The summed E-state index contributed by atoms with van der Waals surface area (Å²) in [5.41, 5.74) is 0. The number of nitrogens with one attached hydrogen (secondary N) is 2. The van der Waals surface area contributed by atoms with Crippen LogP contribution in [-0.4, -0.2) is 61.6 Å². The Morgan fingerprint density at radius 1 is 1.09 bits per heavy atom. The van der Waals surface area contributed by atoms with Gasteiger partial charge in [0.2, 0.25) is 11.8 Å². The molecule has 6 nitrogen and oxygen atoms in total. The van der Waals surface area contributed by atoms with Gasteiger partial charge in [-0.3, -0.25) is 14.5 Å². The number of hydrogen-bond donors (Lipinski definition) is 2. The molecular weight excluding hydrogens is 282 g/mol. The highest BCUT2D eigenvalue weighted by molar-refractivity contribution is 5.87. The number of carbonyl (C=O) groups is 2. The van der Waals surface area contributed by atoms with Crippen molar-refractivity contribution in [2.45, 2.75) is 46.7 Å². The first-order valence-electron chi connectivity index (χ1n) is 8.19. The summed E-state index contributed by atoms with van der Waals surface area (Å²) in [5, 5.41) is 5.74. The maximum atomic E-state index is 12.4. The van der Waals surface area contributed by atoms with Gasteiger partial charge in [0.1, 0.15) is 6.04 Å². The molecule has 0 spiro atoms. The molecule has 1 aliphatic heterocycles. The van der Waals surface area contributed by atoms with E-state index in [1.54, 1.807) is 0 Å². The highest BCUT2D eigenvalue weighted by Gasteiger charge is 2.27. The van der Waals surface area contributed by atoms with Gasteiger partial charge < -0.3 is 15.4 Å². The molecule has 2 atom stereocenters. The molecule has 0 saturated carbocycles. The molecule has 1 heterocycles. The lowest BCUT2D eigenvalue weighted by atomic mass is 10.0. The van der Waals surface area contributed by atoms with Gasteiger partial charge in [-0.2, -0.15) is 0 Å². The number of hydrogen-bond acceptors (Lipinski definition) is 4. The van der Waals surface area contributed by atoms with Gasteiger partial charge in [-0.15, -0.1) is 0 Å². The van der Waals surface area contributed by atoms with E-state index in [9.17, 15) is 9.59 Å². The molecule has 0 unspecified atom stereocenters. The van der Waals surface area contributed by atoms with E-state index in [1.807, 2.05) is 13.8 Å². The lowest BCUT2D eigenvalue weighted by Crippen LogP contribution is -2.55. The standard InChI is InChI=1S/C16H31N3O3/c1-11(2)14(19-6-8-22-9-7-19)10-17-16(21)15(12(3)4)18-13(5)20/h11-12,14-15H,6-10H2,1-5H3,(H,17,21)(H,18,20)/t14-,15-/m1/s1. The Labute approximate surface area is 134 Å². The molecule has 128 valence electrons. The molecule has 2 N–H and O–H groups in total. The molecule has 0 bridgehead atoms. The van der Waals surface area contributed by atoms with Crippen LogP contribution in [0.3, 0.4) is 0 Å². The Hall–Kier alpha value is -1.14. The Bertz CT molecular complexity index is 366. The van der Waals surface area contributed by atoms with Gasteiger partial charge in [0.05, 0.1) is 13.2 Å². The molecule has 0 radical (unpaired) electrons. The summed E-state index contributed by atoms with van der Waals surface area (Å²) in [7, 11) is 0. The molecular formula is C16H31N3O3. The summed E-state index contributed by atoms with van der Waals surface area (Å²) in [5.74, 6) is 0.216. The third-order valence-corrected chi connectivity index (χ3v) is 4.08. The van der Waals surface area contributed by atoms with Crippen molar-refractivity contribution >= 4 is 11.8 Å². The fourth-order valence-electron chi connectivity index (χ4n) is 2.76. The van der Waals surface area contributed by atoms with Crippen LogP contribution >= 0.6 is 0 Å². The van der Waals surface area contributed by atoms with Crippen LogP contribution in [0.1, 0.15) is 34.6 Å².